The Morgan fingerprint density at radius 1 is 0.943 bits per heavy atom. The highest BCUT2D eigenvalue weighted by Crippen LogP contribution is 2.17. The summed E-state index contributed by atoms with van der Waals surface area (Å²) in [7, 11) is 3.30. The highest BCUT2D eigenvalue weighted by molar-refractivity contribution is 5.66. The molecule has 0 aromatic heterocycles. The number of aliphatic hydroxyl groups excluding tert-OH is 1. The number of rotatable bonds is 20. The Balaban J connectivity index is 2.68. The van der Waals surface area contributed by atoms with Crippen molar-refractivity contribution in [3.8, 4) is 5.75 Å². The van der Waals surface area contributed by atoms with Crippen LogP contribution >= 0.6 is 0 Å². The van der Waals surface area contributed by atoms with Gasteiger partial charge in [-0.25, -0.2) is 0 Å². The van der Waals surface area contributed by atoms with Gasteiger partial charge < -0.3 is 24.4 Å². The van der Waals surface area contributed by atoms with Crippen molar-refractivity contribution in [2.24, 2.45) is 0 Å². The SMILES string of the molecule is CCCCC/C=C\C[C@H](OCc1ccc(OC)cc1)[C@H](/C=C/[C@@H](O)C/C=C\CCCC(=O)O)OC. The van der Waals surface area contributed by atoms with E-state index >= 15 is 0 Å². The molecule has 3 atom stereocenters. The number of benzene rings is 1. The van der Waals surface area contributed by atoms with Gasteiger partial charge in [-0.05, 0) is 56.2 Å². The van der Waals surface area contributed by atoms with Crippen LogP contribution in [0.4, 0.5) is 0 Å². The molecule has 0 heterocycles. The summed E-state index contributed by atoms with van der Waals surface area (Å²) < 4.78 is 17.2. The van der Waals surface area contributed by atoms with E-state index in [4.69, 9.17) is 19.3 Å². The molecule has 1 aromatic carbocycles. The van der Waals surface area contributed by atoms with Crippen LogP contribution in [0.2, 0.25) is 0 Å². The van der Waals surface area contributed by atoms with E-state index in [-0.39, 0.29) is 18.6 Å². The van der Waals surface area contributed by atoms with Crippen molar-refractivity contribution >= 4 is 5.97 Å². The number of carbonyl (C=O) groups is 1. The minimum Gasteiger partial charge on any atom is -0.497 e. The summed E-state index contributed by atoms with van der Waals surface area (Å²) in [5.74, 6) is 0.0227. The molecule has 0 aliphatic heterocycles. The van der Waals surface area contributed by atoms with E-state index in [1.807, 2.05) is 42.5 Å². The number of hydrogen-bond acceptors (Lipinski definition) is 5. The number of ether oxygens (including phenoxy) is 3. The van der Waals surface area contributed by atoms with Gasteiger partial charge in [-0.1, -0.05) is 68.4 Å². The molecule has 0 aliphatic rings. The average Bonchev–Trinajstić information content (AvgIpc) is 2.86. The molecular weight excluding hydrogens is 444 g/mol. The van der Waals surface area contributed by atoms with E-state index in [1.54, 1.807) is 20.3 Å². The summed E-state index contributed by atoms with van der Waals surface area (Å²) in [4.78, 5) is 10.5. The van der Waals surface area contributed by atoms with E-state index in [0.29, 0.717) is 32.3 Å². The first-order chi connectivity index (χ1) is 17.0. The highest BCUT2D eigenvalue weighted by Gasteiger charge is 2.19. The fourth-order valence-electron chi connectivity index (χ4n) is 3.48. The molecule has 6 nitrogen and oxygen atoms in total. The summed E-state index contributed by atoms with van der Waals surface area (Å²) in [6.45, 7) is 2.65. The summed E-state index contributed by atoms with van der Waals surface area (Å²) in [5, 5.41) is 19.0. The molecule has 35 heavy (non-hydrogen) atoms. The second-order valence-corrected chi connectivity index (χ2v) is 8.55. The van der Waals surface area contributed by atoms with Gasteiger partial charge in [0, 0.05) is 13.5 Å². The number of unbranched alkanes of at least 4 members (excludes halogenated alkanes) is 4. The van der Waals surface area contributed by atoms with Crippen LogP contribution < -0.4 is 4.74 Å². The maximum absolute atomic E-state index is 10.5. The lowest BCUT2D eigenvalue weighted by molar-refractivity contribution is -0.137. The van der Waals surface area contributed by atoms with Gasteiger partial charge in [0.05, 0.1) is 25.9 Å². The number of hydrogen-bond donors (Lipinski definition) is 2. The molecule has 0 aliphatic carbocycles. The van der Waals surface area contributed by atoms with Gasteiger partial charge in [0.2, 0.25) is 0 Å². The van der Waals surface area contributed by atoms with Gasteiger partial charge >= 0.3 is 5.97 Å². The third kappa shape index (κ3) is 15.2. The fraction of sp³-hybridized carbons (Fsp3) is 0.552. The first-order valence-electron chi connectivity index (χ1n) is 12.7. The van der Waals surface area contributed by atoms with E-state index in [0.717, 1.165) is 17.7 Å². The minimum absolute atomic E-state index is 0.160. The lowest BCUT2D eigenvalue weighted by Crippen LogP contribution is -2.29. The van der Waals surface area contributed by atoms with Gasteiger partial charge in [0.25, 0.3) is 0 Å². The Labute approximate surface area is 211 Å². The Bertz CT molecular complexity index is 753. The Hall–Kier alpha value is -2.41. The molecule has 6 heteroatoms. The van der Waals surface area contributed by atoms with Gasteiger partial charge in [-0.3, -0.25) is 4.79 Å². The highest BCUT2D eigenvalue weighted by atomic mass is 16.5. The van der Waals surface area contributed by atoms with Crippen LogP contribution in [-0.4, -0.2) is 48.7 Å². The summed E-state index contributed by atoms with van der Waals surface area (Å²) in [6, 6.07) is 7.81. The summed E-state index contributed by atoms with van der Waals surface area (Å²) >= 11 is 0. The molecule has 196 valence electrons. The Morgan fingerprint density at radius 2 is 1.63 bits per heavy atom. The second kappa shape index (κ2) is 19.8. The zero-order valence-corrected chi connectivity index (χ0v) is 21.6. The van der Waals surface area contributed by atoms with Crippen LogP contribution in [0, 0.1) is 0 Å². The standard InChI is InChI=1S/C29H44O6/c1-4-5-6-7-8-12-15-28(35-23-24-17-20-26(33-2)21-18-24)27(34-3)22-19-25(30)14-11-9-10-13-16-29(31)32/h8-9,11-12,17-22,25,27-28,30H,4-7,10,13-16,23H2,1-3H3,(H,31,32)/b11-9-,12-8-,22-19+/t25-,27-,28-/m0/s1. The lowest BCUT2D eigenvalue weighted by Gasteiger charge is -2.23. The maximum Gasteiger partial charge on any atom is 0.303 e. The Morgan fingerprint density at radius 3 is 2.26 bits per heavy atom. The fourth-order valence-corrected chi connectivity index (χ4v) is 3.48. The second-order valence-electron chi connectivity index (χ2n) is 8.55. The maximum atomic E-state index is 10.5. The predicted octanol–water partition coefficient (Wildman–Crippen LogP) is 6.24. The quantitative estimate of drug-likeness (QED) is 0.167. The molecule has 2 N–H and O–H groups in total. The number of carboxylic acid groups (broad SMARTS) is 1. The van der Waals surface area contributed by atoms with Crippen molar-refractivity contribution < 1.29 is 29.2 Å². The van der Waals surface area contributed by atoms with Crippen LogP contribution in [0.3, 0.4) is 0 Å². The average molecular weight is 489 g/mol. The normalized spacial score (nSPS) is 14.6. The number of allylic oxidation sites excluding steroid dienone is 2. The monoisotopic (exact) mass is 488 g/mol. The first-order valence-corrected chi connectivity index (χ1v) is 12.7. The summed E-state index contributed by atoms with van der Waals surface area (Å²) in [6.07, 6.45) is 17.9. The number of aliphatic hydroxyl groups is 1. The van der Waals surface area contributed by atoms with Crippen molar-refractivity contribution in [3.05, 3.63) is 66.3 Å². The van der Waals surface area contributed by atoms with Crippen LogP contribution in [0.15, 0.2) is 60.7 Å². The molecule has 1 aromatic rings. The van der Waals surface area contributed by atoms with Crippen LogP contribution in [0.25, 0.3) is 0 Å². The number of methoxy groups -OCH3 is 2. The van der Waals surface area contributed by atoms with Crippen LogP contribution in [0.1, 0.15) is 70.3 Å². The molecule has 1 rings (SSSR count). The first kappa shape index (κ1) is 30.6. The number of carboxylic acids is 1. The third-order valence-electron chi connectivity index (χ3n) is 5.60. The zero-order valence-electron chi connectivity index (χ0n) is 21.6. The van der Waals surface area contributed by atoms with E-state index in [1.165, 1.54) is 19.3 Å². The van der Waals surface area contributed by atoms with E-state index in [9.17, 15) is 9.90 Å². The molecule has 0 spiro atoms. The topological polar surface area (TPSA) is 85.2 Å². The molecule has 0 saturated carbocycles. The van der Waals surface area contributed by atoms with Gasteiger partial charge in [-0.2, -0.15) is 0 Å². The molecule has 0 radical (unpaired) electrons. The van der Waals surface area contributed by atoms with Gasteiger partial charge in [-0.15, -0.1) is 0 Å². The van der Waals surface area contributed by atoms with E-state index < -0.39 is 12.1 Å². The van der Waals surface area contributed by atoms with Crippen LogP contribution in [-0.2, 0) is 20.9 Å². The molecule has 0 amide bonds. The molecule has 0 bridgehead atoms. The van der Waals surface area contributed by atoms with Crippen molar-refractivity contribution in [2.75, 3.05) is 14.2 Å². The molecule has 0 unspecified atom stereocenters. The Kier molecular flexibility index (Phi) is 17.4. The van der Waals surface area contributed by atoms with Crippen molar-refractivity contribution in [3.63, 3.8) is 0 Å². The number of aliphatic carboxylic acids is 1. The van der Waals surface area contributed by atoms with Crippen molar-refractivity contribution in [2.45, 2.75) is 89.6 Å². The van der Waals surface area contributed by atoms with Gasteiger partial charge in [0.1, 0.15) is 11.9 Å². The van der Waals surface area contributed by atoms with Crippen molar-refractivity contribution in [1.82, 2.24) is 0 Å². The molecular formula is C29H44O6. The summed E-state index contributed by atoms with van der Waals surface area (Å²) in [5.41, 5.74) is 1.05. The van der Waals surface area contributed by atoms with Crippen molar-refractivity contribution in [1.29, 1.82) is 0 Å². The minimum atomic E-state index is -0.786. The van der Waals surface area contributed by atoms with Gasteiger partial charge in [0.15, 0.2) is 0 Å². The molecule has 0 saturated heterocycles. The smallest absolute Gasteiger partial charge is 0.303 e. The third-order valence-corrected chi connectivity index (χ3v) is 5.60. The van der Waals surface area contributed by atoms with E-state index in [2.05, 4.69) is 19.1 Å². The van der Waals surface area contributed by atoms with Crippen LogP contribution in [0.5, 0.6) is 5.75 Å². The lowest BCUT2D eigenvalue weighted by atomic mass is 10.1. The molecule has 0 fully saturated rings. The zero-order chi connectivity index (χ0) is 25.7. The largest absolute Gasteiger partial charge is 0.497 e. The predicted molar refractivity (Wildman–Crippen MR) is 141 cm³/mol.